The van der Waals surface area contributed by atoms with Gasteiger partial charge >= 0.3 is 6.09 Å². The summed E-state index contributed by atoms with van der Waals surface area (Å²) >= 11 is 3.40. The van der Waals surface area contributed by atoms with Gasteiger partial charge in [0.2, 0.25) is 0 Å². The van der Waals surface area contributed by atoms with E-state index in [0.717, 1.165) is 11.1 Å². The summed E-state index contributed by atoms with van der Waals surface area (Å²) in [6.45, 7) is -0.0829. The molecule has 3 heterocycles. The molecular formula is C25H19BrF2N8O2. The first-order chi connectivity index (χ1) is 18.2. The number of nitrogens with two attached hydrogens (primary N) is 2. The van der Waals surface area contributed by atoms with Crippen molar-refractivity contribution in [2.75, 3.05) is 16.4 Å². The highest BCUT2D eigenvalue weighted by molar-refractivity contribution is 9.10. The van der Waals surface area contributed by atoms with Crippen LogP contribution in [0.4, 0.5) is 30.9 Å². The number of halogens is 3. The number of benzene rings is 2. The van der Waals surface area contributed by atoms with E-state index in [9.17, 15) is 18.7 Å². The lowest BCUT2D eigenvalue weighted by molar-refractivity contribution is 0.201. The summed E-state index contributed by atoms with van der Waals surface area (Å²) in [4.78, 5) is 25.7. The summed E-state index contributed by atoms with van der Waals surface area (Å²) in [6.07, 6.45) is -0.229. The van der Waals surface area contributed by atoms with Crippen molar-refractivity contribution in [2.24, 2.45) is 0 Å². The highest BCUT2D eigenvalue weighted by Gasteiger charge is 2.25. The van der Waals surface area contributed by atoms with Crippen molar-refractivity contribution in [3.8, 4) is 5.95 Å². The minimum absolute atomic E-state index is 0.0661. The number of hydrogen-bond donors (Lipinski definition) is 3. The molecule has 0 aliphatic rings. The third-order valence-electron chi connectivity index (χ3n) is 5.77. The Hall–Kier alpha value is -4.65. The maximum atomic E-state index is 14.3. The molecule has 192 valence electrons. The summed E-state index contributed by atoms with van der Waals surface area (Å²) < 4.78 is 30.4. The van der Waals surface area contributed by atoms with Gasteiger partial charge in [-0.2, -0.15) is 19.7 Å². The third-order valence-corrected chi connectivity index (χ3v) is 6.55. The molecule has 0 fully saturated rings. The van der Waals surface area contributed by atoms with Gasteiger partial charge < -0.3 is 16.6 Å². The molecule has 0 saturated heterocycles. The van der Waals surface area contributed by atoms with Crippen molar-refractivity contribution in [2.45, 2.75) is 13.0 Å². The van der Waals surface area contributed by atoms with Gasteiger partial charge in [0.25, 0.3) is 5.95 Å². The Morgan fingerprint density at radius 2 is 1.68 bits per heavy atom. The van der Waals surface area contributed by atoms with Crippen LogP contribution >= 0.6 is 15.9 Å². The number of pyridine rings is 1. The fraction of sp³-hybridized carbons (Fsp3) is 0.0800. The van der Waals surface area contributed by atoms with E-state index >= 15 is 0 Å². The summed E-state index contributed by atoms with van der Waals surface area (Å²) in [5.74, 6) is -1.66. The van der Waals surface area contributed by atoms with Gasteiger partial charge in [-0.25, -0.2) is 18.6 Å². The van der Waals surface area contributed by atoms with Crippen molar-refractivity contribution in [3.05, 3.63) is 93.7 Å². The second-order valence-electron chi connectivity index (χ2n) is 8.25. The van der Waals surface area contributed by atoms with Crippen LogP contribution in [0, 0.1) is 11.6 Å². The fourth-order valence-electron chi connectivity index (χ4n) is 4.02. The molecule has 0 aliphatic carbocycles. The molecule has 0 radical (unpaired) electrons. The second-order valence-corrected chi connectivity index (χ2v) is 9.11. The predicted octanol–water partition coefficient (Wildman–Crippen LogP) is 4.69. The summed E-state index contributed by atoms with van der Waals surface area (Å²) in [7, 11) is 0. The second kappa shape index (κ2) is 10.0. The van der Waals surface area contributed by atoms with Crippen molar-refractivity contribution in [1.82, 2.24) is 24.7 Å². The molecule has 10 nitrogen and oxygen atoms in total. The zero-order chi connectivity index (χ0) is 27.0. The molecule has 0 bridgehead atoms. The lowest BCUT2D eigenvalue weighted by atomic mass is 10.1. The predicted molar refractivity (Wildman–Crippen MR) is 141 cm³/mol. The molecule has 0 saturated carbocycles. The highest BCUT2D eigenvalue weighted by atomic mass is 79.9. The SMILES string of the molecule is Nc1nc(-n2nc(Cc3ccccc3F)c3ncc(F)cc32)nc(N)c1N(Cc1ccccc1Br)C(=O)O. The average molecular weight is 581 g/mol. The number of carboxylic acid groups (broad SMARTS) is 1. The summed E-state index contributed by atoms with van der Waals surface area (Å²) in [5, 5.41) is 14.4. The average Bonchev–Trinajstić information content (AvgIpc) is 3.22. The van der Waals surface area contributed by atoms with Gasteiger partial charge in [-0.05, 0) is 23.3 Å². The molecule has 3 aromatic heterocycles. The first-order valence-electron chi connectivity index (χ1n) is 11.2. The van der Waals surface area contributed by atoms with Crippen molar-refractivity contribution in [3.63, 3.8) is 0 Å². The van der Waals surface area contributed by atoms with Crippen LogP contribution in [0.25, 0.3) is 17.0 Å². The summed E-state index contributed by atoms with van der Waals surface area (Å²) in [5.41, 5.74) is 14.1. The number of fused-ring (bicyclic) bond motifs is 1. The van der Waals surface area contributed by atoms with Crippen molar-refractivity contribution < 1.29 is 18.7 Å². The monoisotopic (exact) mass is 580 g/mol. The van der Waals surface area contributed by atoms with E-state index in [-0.39, 0.29) is 41.8 Å². The zero-order valence-corrected chi connectivity index (χ0v) is 21.1. The molecule has 0 spiro atoms. The first kappa shape index (κ1) is 25.0. The van der Waals surface area contributed by atoms with E-state index in [1.165, 1.54) is 16.8 Å². The molecule has 5 rings (SSSR count). The number of anilines is 3. The molecule has 2 aromatic carbocycles. The molecule has 5 aromatic rings. The zero-order valence-electron chi connectivity index (χ0n) is 19.5. The van der Waals surface area contributed by atoms with Crippen LogP contribution in [-0.2, 0) is 13.0 Å². The van der Waals surface area contributed by atoms with E-state index < -0.39 is 17.7 Å². The number of nitrogens with zero attached hydrogens (tertiary/aromatic N) is 6. The van der Waals surface area contributed by atoms with Crippen LogP contribution < -0.4 is 16.4 Å². The van der Waals surface area contributed by atoms with Crippen molar-refractivity contribution >= 4 is 50.4 Å². The van der Waals surface area contributed by atoms with Crippen LogP contribution in [0.2, 0.25) is 0 Å². The standard InChI is InChI=1S/C25H19BrF2N8O2/c26-16-7-3-1-6-14(16)12-35(25(37)38)21-22(29)32-24(33-23(21)30)36-19-10-15(27)11-31-20(19)18(34-36)9-13-5-2-4-8-17(13)28/h1-8,10-11H,9,12H2,(H,37,38)(H4,29,30,32,33). The number of nitrogen functional groups attached to an aromatic ring is 2. The number of rotatable bonds is 6. The van der Waals surface area contributed by atoms with E-state index in [4.69, 9.17) is 11.5 Å². The van der Waals surface area contributed by atoms with Crippen LogP contribution in [0.15, 0.2) is 65.3 Å². The van der Waals surface area contributed by atoms with Gasteiger partial charge in [0.05, 0.1) is 24.0 Å². The highest BCUT2D eigenvalue weighted by Crippen LogP contribution is 2.32. The van der Waals surface area contributed by atoms with Crippen LogP contribution in [0.1, 0.15) is 16.8 Å². The minimum Gasteiger partial charge on any atom is -0.465 e. The lowest BCUT2D eigenvalue weighted by Gasteiger charge is -2.22. The largest absolute Gasteiger partial charge is 0.465 e. The van der Waals surface area contributed by atoms with Crippen molar-refractivity contribution in [1.29, 1.82) is 0 Å². The van der Waals surface area contributed by atoms with Crippen LogP contribution in [0.5, 0.6) is 0 Å². The molecule has 13 heteroatoms. The Bertz CT molecular complexity index is 1670. The number of aromatic nitrogens is 5. The van der Waals surface area contributed by atoms with Gasteiger partial charge in [-0.1, -0.05) is 52.3 Å². The van der Waals surface area contributed by atoms with Gasteiger partial charge in [0.15, 0.2) is 11.6 Å². The smallest absolute Gasteiger partial charge is 0.412 e. The van der Waals surface area contributed by atoms with Gasteiger partial charge in [0, 0.05) is 17.0 Å². The number of amides is 1. The molecule has 0 atom stereocenters. The Balaban J connectivity index is 1.59. The first-order valence-corrected chi connectivity index (χ1v) is 12.0. The Morgan fingerprint density at radius 3 is 2.34 bits per heavy atom. The number of carbonyl (C=O) groups is 1. The third kappa shape index (κ3) is 4.70. The van der Waals surface area contributed by atoms with E-state index in [2.05, 4.69) is 36.0 Å². The Morgan fingerprint density at radius 1 is 1.03 bits per heavy atom. The van der Waals surface area contributed by atoms with E-state index in [1.807, 2.05) is 0 Å². The lowest BCUT2D eigenvalue weighted by Crippen LogP contribution is -2.31. The van der Waals surface area contributed by atoms with Gasteiger partial charge in [0.1, 0.15) is 22.8 Å². The molecule has 1 amide bonds. The maximum absolute atomic E-state index is 14.3. The molecule has 0 aliphatic heterocycles. The number of hydrogen-bond acceptors (Lipinski definition) is 7. The summed E-state index contributed by atoms with van der Waals surface area (Å²) in [6, 6.07) is 14.5. The fourth-order valence-corrected chi connectivity index (χ4v) is 4.43. The van der Waals surface area contributed by atoms with Crippen LogP contribution in [-0.4, -0.2) is 35.9 Å². The van der Waals surface area contributed by atoms with Gasteiger partial charge in [-0.3, -0.25) is 4.90 Å². The quantitative estimate of drug-likeness (QED) is 0.262. The molecular weight excluding hydrogens is 562 g/mol. The Labute approximate surface area is 222 Å². The van der Waals surface area contributed by atoms with Crippen LogP contribution in [0.3, 0.4) is 0 Å². The minimum atomic E-state index is -1.32. The maximum Gasteiger partial charge on any atom is 0.412 e. The van der Waals surface area contributed by atoms with E-state index in [0.29, 0.717) is 26.8 Å². The molecule has 38 heavy (non-hydrogen) atoms. The molecule has 5 N–H and O–H groups in total. The Kier molecular flexibility index (Phi) is 6.59. The topological polar surface area (TPSA) is 149 Å². The van der Waals surface area contributed by atoms with E-state index in [1.54, 1.807) is 42.5 Å². The molecule has 0 unspecified atom stereocenters. The van der Waals surface area contributed by atoms with Gasteiger partial charge in [-0.15, -0.1) is 0 Å². The normalized spacial score (nSPS) is 11.1.